The maximum absolute atomic E-state index is 13.3. The molecule has 5 rings (SSSR count). The van der Waals surface area contributed by atoms with E-state index in [9.17, 15) is 9.59 Å². The third-order valence-electron chi connectivity index (χ3n) is 6.62. The Bertz CT molecular complexity index is 1000. The van der Waals surface area contributed by atoms with Gasteiger partial charge in [0.25, 0.3) is 0 Å². The van der Waals surface area contributed by atoms with Gasteiger partial charge in [0.2, 0.25) is 11.8 Å². The maximum atomic E-state index is 13.3. The molecule has 0 saturated carbocycles. The number of hydrogen-bond acceptors (Lipinski definition) is 4. The molecule has 2 fully saturated rings. The average Bonchev–Trinajstić information content (AvgIpc) is 3.45. The zero-order valence-electron chi connectivity index (χ0n) is 17.5. The number of rotatable bonds is 7. The molecule has 2 amide bonds. The normalized spacial score (nSPS) is 28.1. The Kier molecular flexibility index (Phi) is 5.02. The first-order valence-electron chi connectivity index (χ1n) is 10.7. The summed E-state index contributed by atoms with van der Waals surface area (Å²) >= 11 is 0. The molecule has 3 aliphatic heterocycles. The Morgan fingerprint density at radius 1 is 1.16 bits per heavy atom. The van der Waals surface area contributed by atoms with Crippen LogP contribution in [0.4, 0.5) is 0 Å². The lowest BCUT2D eigenvalue weighted by atomic mass is 9.77. The summed E-state index contributed by atoms with van der Waals surface area (Å²) in [6.07, 6.45) is 4.40. The fourth-order valence-corrected chi connectivity index (χ4v) is 5.03. The van der Waals surface area contributed by atoms with Gasteiger partial charge in [0, 0.05) is 13.1 Å². The van der Waals surface area contributed by atoms with E-state index in [4.69, 9.17) is 9.47 Å². The second-order valence-electron chi connectivity index (χ2n) is 8.46. The molecule has 2 bridgehead atoms. The fourth-order valence-electron chi connectivity index (χ4n) is 5.03. The first kappa shape index (κ1) is 19.8. The summed E-state index contributed by atoms with van der Waals surface area (Å²) in [5.74, 6) is -0.273. The Hall–Kier alpha value is -3.12. The highest BCUT2D eigenvalue weighted by Crippen LogP contribution is 2.51. The summed E-state index contributed by atoms with van der Waals surface area (Å²) in [6, 6.07) is 17.7. The van der Waals surface area contributed by atoms with Crippen molar-refractivity contribution < 1.29 is 19.1 Å². The lowest BCUT2D eigenvalue weighted by Gasteiger charge is -2.23. The standard InChI is InChI=1S/C25H26N2O4/c1-30-19-9-7-18(8-10-19)15-26-23(28)21-20-11-13-25(31-20)16-27(24(29)22(21)25)14-12-17-5-3-2-4-6-17/h2-11,13,20-22H,12,14-16H2,1H3,(H,26,28)/t20-,21+,22-,25+/m1/s1. The topological polar surface area (TPSA) is 67.9 Å². The van der Waals surface area contributed by atoms with E-state index in [0.717, 1.165) is 17.7 Å². The third kappa shape index (κ3) is 3.51. The summed E-state index contributed by atoms with van der Waals surface area (Å²) < 4.78 is 11.4. The minimum absolute atomic E-state index is 0.0207. The van der Waals surface area contributed by atoms with E-state index in [2.05, 4.69) is 17.4 Å². The Balaban J connectivity index is 1.25. The summed E-state index contributed by atoms with van der Waals surface area (Å²) in [4.78, 5) is 28.2. The highest BCUT2D eigenvalue weighted by molar-refractivity contribution is 5.93. The average molecular weight is 418 g/mol. The number of carbonyl (C=O) groups is 2. The van der Waals surface area contributed by atoms with Crippen LogP contribution in [0.15, 0.2) is 66.7 Å². The maximum Gasteiger partial charge on any atom is 0.230 e. The van der Waals surface area contributed by atoms with Crippen LogP contribution in [-0.4, -0.2) is 48.6 Å². The number of hydrogen-bond donors (Lipinski definition) is 1. The molecule has 2 aromatic rings. The van der Waals surface area contributed by atoms with Gasteiger partial charge in [-0.15, -0.1) is 0 Å². The van der Waals surface area contributed by atoms with Crippen LogP contribution in [-0.2, 0) is 27.3 Å². The molecule has 160 valence electrons. The van der Waals surface area contributed by atoms with Crippen molar-refractivity contribution in [3.63, 3.8) is 0 Å². The molecule has 0 aromatic heterocycles. The van der Waals surface area contributed by atoms with Gasteiger partial charge in [-0.3, -0.25) is 9.59 Å². The summed E-state index contributed by atoms with van der Waals surface area (Å²) in [6.45, 7) is 1.54. The molecular weight excluding hydrogens is 392 g/mol. The number of likely N-dealkylation sites (tertiary alicyclic amines) is 1. The third-order valence-corrected chi connectivity index (χ3v) is 6.62. The Morgan fingerprint density at radius 2 is 1.94 bits per heavy atom. The van der Waals surface area contributed by atoms with Crippen molar-refractivity contribution in [3.8, 4) is 5.75 Å². The van der Waals surface area contributed by atoms with Gasteiger partial charge in [-0.1, -0.05) is 54.6 Å². The lowest BCUT2D eigenvalue weighted by Crippen LogP contribution is -2.44. The predicted molar refractivity (Wildman–Crippen MR) is 115 cm³/mol. The van der Waals surface area contributed by atoms with Gasteiger partial charge in [0.05, 0.1) is 31.6 Å². The van der Waals surface area contributed by atoms with Crippen LogP contribution in [0.2, 0.25) is 0 Å². The number of fused-ring (bicyclic) bond motifs is 1. The van der Waals surface area contributed by atoms with Crippen LogP contribution in [0, 0.1) is 11.8 Å². The van der Waals surface area contributed by atoms with Crippen molar-refractivity contribution in [1.29, 1.82) is 0 Å². The van der Waals surface area contributed by atoms with Crippen molar-refractivity contribution in [3.05, 3.63) is 77.9 Å². The van der Waals surface area contributed by atoms with E-state index < -0.39 is 17.4 Å². The highest BCUT2D eigenvalue weighted by Gasteiger charge is 2.66. The van der Waals surface area contributed by atoms with Crippen molar-refractivity contribution in [2.75, 3.05) is 20.2 Å². The number of benzene rings is 2. The monoisotopic (exact) mass is 418 g/mol. The number of nitrogens with one attached hydrogen (secondary N) is 1. The summed E-state index contributed by atoms with van der Waals surface area (Å²) in [5, 5.41) is 3.00. The van der Waals surface area contributed by atoms with Crippen molar-refractivity contribution in [2.24, 2.45) is 11.8 Å². The van der Waals surface area contributed by atoms with E-state index in [-0.39, 0.29) is 17.9 Å². The smallest absolute Gasteiger partial charge is 0.230 e. The van der Waals surface area contributed by atoms with Crippen LogP contribution in [0.25, 0.3) is 0 Å². The van der Waals surface area contributed by atoms with E-state index in [0.29, 0.717) is 19.6 Å². The fraction of sp³-hybridized carbons (Fsp3) is 0.360. The molecule has 0 unspecified atom stereocenters. The highest BCUT2D eigenvalue weighted by atomic mass is 16.5. The van der Waals surface area contributed by atoms with Crippen LogP contribution >= 0.6 is 0 Å². The Labute approximate surface area is 181 Å². The van der Waals surface area contributed by atoms with Crippen molar-refractivity contribution in [1.82, 2.24) is 10.2 Å². The minimum atomic E-state index is -0.666. The first-order valence-corrected chi connectivity index (χ1v) is 10.7. The second-order valence-corrected chi connectivity index (χ2v) is 8.46. The van der Waals surface area contributed by atoms with Crippen molar-refractivity contribution in [2.45, 2.75) is 24.7 Å². The lowest BCUT2D eigenvalue weighted by molar-refractivity contribution is -0.137. The zero-order valence-corrected chi connectivity index (χ0v) is 17.5. The molecule has 3 heterocycles. The second kappa shape index (κ2) is 7.85. The minimum Gasteiger partial charge on any atom is -0.497 e. The quantitative estimate of drug-likeness (QED) is 0.701. The molecule has 1 spiro atoms. The largest absolute Gasteiger partial charge is 0.497 e. The van der Waals surface area contributed by atoms with Gasteiger partial charge in [-0.25, -0.2) is 0 Å². The van der Waals surface area contributed by atoms with Gasteiger partial charge in [-0.05, 0) is 29.7 Å². The summed E-state index contributed by atoms with van der Waals surface area (Å²) in [7, 11) is 1.62. The molecule has 1 N–H and O–H groups in total. The van der Waals surface area contributed by atoms with Crippen molar-refractivity contribution >= 4 is 11.8 Å². The molecule has 0 aliphatic carbocycles. The summed E-state index contributed by atoms with van der Waals surface area (Å²) in [5.41, 5.74) is 1.51. The van der Waals surface area contributed by atoms with Gasteiger partial charge < -0.3 is 19.7 Å². The van der Waals surface area contributed by atoms with E-state index in [1.165, 1.54) is 5.56 Å². The molecule has 6 heteroatoms. The molecule has 6 nitrogen and oxygen atoms in total. The predicted octanol–water partition coefficient (Wildman–Crippen LogP) is 2.34. The number of methoxy groups -OCH3 is 1. The zero-order chi connectivity index (χ0) is 21.4. The molecule has 31 heavy (non-hydrogen) atoms. The van der Waals surface area contributed by atoms with Gasteiger partial charge in [0.15, 0.2) is 0 Å². The van der Waals surface area contributed by atoms with Crippen LogP contribution in [0.1, 0.15) is 11.1 Å². The first-order chi connectivity index (χ1) is 15.1. The van der Waals surface area contributed by atoms with Crippen LogP contribution < -0.4 is 10.1 Å². The van der Waals surface area contributed by atoms with E-state index >= 15 is 0 Å². The molecule has 3 aliphatic rings. The van der Waals surface area contributed by atoms with Crippen LogP contribution in [0.5, 0.6) is 5.75 Å². The number of amides is 2. The van der Waals surface area contributed by atoms with E-state index in [1.54, 1.807) is 7.11 Å². The number of nitrogens with zero attached hydrogens (tertiary/aromatic N) is 1. The van der Waals surface area contributed by atoms with Gasteiger partial charge in [-0.2, -0.15) is 0 Å². The molecular formula is C25H26N2O4. The molecule has 2 saturated heterocycles. The van der Waals surface area contributed by atoms with Crippen LogP contribution in [0.3, 0.4) is 0 Å². The Morgan fingerprint density at radius 3 is 2.68 bits per heavy atom. The SMILES string of the molecule is COc1ccc(CNC(=O)[C@H]2[C@H]3C=C[C@@]4(CN(CCc5ccccc5)C(=O)[C@@H]24)O3)cc1. The number of ether oxygens (including phenoxy) is 2. The molecule has 4 atom stereocenters. The molecule has 0 radical (unpaired) electrons. The van der Waals surface area contributed by atoms with Gasteiger partial charge >= 0.3 is 0 Å². The van der Waals surface area contributed by atoms with E-state index in [1.807, 2.05) is 59.5 Å². The number of carbonyl (C=O) groups excluding carboxylic acids is 2. The van der Waals surface area contributed by atoms with Gasteiger partial charge in [0.1, 0.15) is 11.4 Å². The molecule has 2 aromatic carbocycles.